The van der Waals surface area contributed by atoms with Crippen molar-refractivity contribution in [3.05, 3.63) is 69.5 Å². The van der Waals surface area contributed by atoms with E-state index in [1.165, 1.54) is 22.8 Å². The maximum atomic E-state index is 13.5. The van der Waals surface area contributed by atoms with Gasteiger partial charge in [0, 0.05) is 6.04 Å². The van der Waals surface area contributed by atoms with E-state index < -0.39 is 0 Å². The van der Waals surface area contributed by atoms with Crippen LogP contribution in [0.3, 0.4) is 0 Å². The van der Waals surface area contributed by atoms with E-state index in [4.69, 9.17) is 11.6 Å². The largest absolute Gasteiger partial charge is 0.313 e. The highest BCUT2D eigenvalue weighted by Gasteiger charge is 2.14. The molecule has 0 saturated carbocycles. The van der Waals surface area contributed by atoms with E-state index in [1.54, 1.807) is 6.07 Å². The van der Waals surface area contributed by atoms with Crippen LogP contribution in [0, 0.1) is 19.7 Å². The molecule has 2 rings (SSSR count). The van der Waals surface area contributed by atoms with Gasteiger partial charge in [0.15, 0.2) is 0 Å². The molecule has 3 heteroatoms. The summed E-state index contributed by atoms with van der Waals surface area (Å²) in [6.07, 6.45) is 0.731. The second-order valence-corrected chi connectivity index (χ2v) is 5.49. The maximum Gasteiger partial charge on any atom is 0.142 e. The van der Waals surface area contributed by atoms with Crippen LogP contribution in [-0.2, 0) is 6.42 Å². The number of hydrogen-bond acceptors (Lipinski definition) is 1. The van der Waals surface area contributed by atoms with Crippen molar-refractivity contribution >= 4 is 11.6 Å². The van der Waals surface area contributed by atoms with Gasteiger partial charge in [0.2, 0.25) is 0 Å². The molecular weight excluding hydrogens is 273 g/mol. The van der Waals surface area contributed by atoms with Gasteiger partial charge in [-0.25, -0.2) is 4.39 Å². The predicted molar refractivity (Wildman–Crippen MR) is 82.8 cm³/mol. The van der Waals surface area contributed by atoms with Crippen molar-refractivity contribution in [3.8, 4) is 0 Å². The van der Waals surface area contributed by atoms with Gasteiger partial charge < -0.3 is 5.32 Å². The molecule has 1 N–H and O–H groups in total. The topological polar surface area (TPSA) is 12.0 Å². The number of rotatable bonds is 4. The van der Waals surface area contributed by atoms with Crippen LogP contribution in [-0.4, -0.2) is 7.05 Å². The van der Waals surface area contributed by atoms with E-state index in [1.807, 2.05) is 13.1 Å². The van der Waals surface area contributed by atoms with Crippen LogP contribution in [0.1, 0.15) is 28.3 Å². The number of aryl methyl sites for hydroxylation is 1. The monoisotopic (exact) mass is 291 g/mol. The van der Waals surface area contributed by atoms with Crippen LogP contribution < -0.4 is 5.32 Å². The molecule has 0 radical (unpaired) electrons. The number of hydrogen-bond donors (Lipinski definition) is 1. The van der Waals surface area contributed by atoms with Crippen LogP contribution in [0.5, 0.6) is 0 Å². The lowest BCUT2D eigenvalue weighted by Gasteiger charge is -2.20. The van der Waals surface area contributed by atoms with Crippen LogP contribution in [0.15, 0.2) is 36.4 Å². The fourth-order valence-electron chi connectivity index (χ4n) is 2.42. The number of likely N-dealkylation sites (N-methyl/N-ethyl adjacent to an activating group) is 1. The molecule has 0 amide bonds. The number of nitrogens with one attached hydrogen (secondary N) is 1. The Hall–Kier alpha value is -1.38. The molecule has 20 heavy (non-hydrogen) atoms. The Bertz CT molecular complexity index is 610. The van der Waals surface area contributed by atoms with Gasteiger partial charge in [0.05, 0.1) is 5.02 Å². The Balaban J connectivity index is 2.28. The molecule has 0 spiro atoms. The van der Waals surface area contributed by atoms with E-state index in [9.17, 15) is 4.39 Å². The predicted octanol–water partition coefficient (Wildman–Crippen LogP) is 4.60. The van der Waals surface area contributed by atoms with E-state index in [2.05, 4.69) is 37.4 Å². The molecule has 0 aliphatic heterocycles. The minimum atomic E-state index is -0.361. The van der Waals surface area contributed by atoms with Crippen LogP contribution >= 0.6 is 11.6 Å². The lowest BCUT2D eigenvalue weighted by atomic mass is 9.93. The van der Waals surface area contributed by atoms with E-state index >= 15 is 0 Å². The number of benzene rings is 2. The molecule has 0 aromatic heterocycles. The smallest absolute Gasteiger partial charge is 0.142 e. The second kappa shape index (κ2) is 6.38. The highest BCUT2D eigenvalue weighted by molar-refractivity contribution is 6.30. The zero-order valence-corrected chi connectivity index (χ0v) is 12.8. The van der Waals surface area contributed by atoms with Crippen LogP contribution in [0.25, 0.3) is 0 Å². The zero-order valence-electron chi connectivity index (χ0n) is 12.0. The Morgan fingerprint density at radius 1 is 1.20 bits per heavy atom. The Kier molecular flexibility index (Phi) is 4.79. The molecule has 0 fully saturated rings. The molecular formula is C17H19ClFN. The van der Waals surface area contributed by atoms with Gasteiger partial charge in [-0.05, 0) is 61.7 Å². The van der Waals surface area contributed by atoms with Crippen molar-refractivity contribution in [1.82, 2.24) is 5.32 Å². The molecule has 1 nitrogen and oxygen atoms in total. The summed E-state index contributed by atoms with van der Waals surface area (Å²) in [5.74, 6) is -0.361. The molecule has 2 aromatic carbocycles. The molecule has 1 atom stereocenters. The summed E-state index contributed by atoms with van der Waals surface area (Å²) in [5.41, 5.74) is 4.74. The minimum absolute atomic E-state index is 0.162. The Morgan fingerprint density at radius 3 is 2.60 bits per heavy atom. The summed E-state index contributed by atoms with van der Waals surface area (Å²) >= 11 is 5.72. The molecule has 0 saturated heterocycles. The third kappa shape index (κ3) is 3.20. The number of halogens is 2. The van der Waals surface area contributed by atoms with Gasteiger partial charge in [-0.15, -0.1) is 0 Å². The van der Waals surface area contributed by atoms with E-state index in [0.29, 0.717) is 0 Å². The first-order valence-corrected chi connectivity index (χ1v) is 7.08. The molecule has 0 aliphatic carbocycles. The van der Waals surface area contributed by atoms with Crippen molar-refractivity contribution in [1.29, 1.82) is 0 Å². The fraction of sp³-hybridized carbons (Fsp3) is 0.294. The molecule has 106 valence electrons. The fourth-order valence-corrected chi connectivity index (χ4v) is 2.54. The first kappa shape index (κ1) is 15.0. The molecule has 1 unspecified atom stereocenters. The molecule has 2 aromatic rings. The summed E-state index contributed by atoms with van der Waals surface area (Å²) in [5, 5.41) is 3.48. The summed E-state index contributed by atoms with van der Waals surface area (Å²) in [6.45, 7) is 4.23. The maximum absolute atomic E-state index is 13.5. The average molecular weight is 292 g/mol. The van der Waals surface area contributed by atoms with Crippen LogP contribution in [0.4, 0.5) is 4.39 Å². The van der Waals surface area contributed by atoms with Gasteiger partial charge in [-0.3, -0.25) is 0 Å². The van der Waals surface area contributed by atoms with Crippen molar-refractivity contribution in [2.45, 2.75) is 26.3 Å². The standard InChI is InChI=1S/C17H19ClFN/c1-11-5-4-6-14(12(11)2)17(20-3)10-13-7-8-15(18)16(19)9-13/h4-9,17,20H,10H2,1-3H3. The van der Waals surface area contributed by atoms with Crippen molar-refractivity contribution in [2.75, 3.05) is 7.05 Å². The lowest BCUT2D eigenvalue weighted by Crippen LogP contribution is -2.20. The highest BCUT2D eigenvalue weighted by atomic mass is 35.5. The van der Waals surface area contributed by atoms with E-state index in [0.717, 1.165) is 12.0 Å². The van der Waals surface area contributed by atoms with Crippen molar-refractivity contribution in [3.63, 3.8) is 0 Å². The summed E-state index contributed by atoms with van der Waals surface area (Å²) in [4.78, 5) is 0. The van der Waals surface area contributed by atoms with E-state index in [-0.39, 0.29) is 16.9 Å². The highest BCUT2D eigenvalue weighted by Crippen LogP contribution is 2.25. The SMILES string of the molecule is CNC(Cc1ccc(Cl)c(F)c1)c1cccc(C)c1C. The summed E-state index contributed by atoms with van der Waals surface area (Å²) in [7, 11) is 1.93. The summed E-state index contributed by atoms with van der Waals surface area (Å²) in [6, 6.07) is 11.4. The Labute approximate surface area is 124 Å². The molecule has 0 bridgehead atoms. The normalized spacial score (nSPS) is 12.4. The average Bonchev–Trinajstić information content (AvgIpc) is 2.43. The first-order chi connectivity index (χ1) is 9.52. The van der Waals surface area contributed by atoms with Crippen LogP contribution in [0.2, 0.25) is 5.02 Å². The van der Waals surface area contributed by atoms with Gasteiger partial charge in [-0.2, -0.15) is 0 Å². The lowest BCUT2D eigenvalue weighted by molar-refractivity contribution is 0.581. The van der Waals surface area contributed by atoms with Crippen molar-refractivity contribution < 1.29 is 4.39 Å². The minimum Gasteiger partial charge on any atom is -0.313 e. The molecule has 0 aliphatic rings. The third-order valence-electron chi connectivity index (χ3n) is 3.79. The molecule has 0 heterocycles. The van der Waals surface area contributed by atoms with Gasteiger partial charge in [-0.1, -0.05) is 35.9 Å². The van der Waals surface area contributed by atoms with Crippen molar-refractivity contribution in [2.24, 2.45) is 0 Å². The van der Waals surface area contributed by atoms with Gasteiger partial charge in [0.25, 0.3) is 0 Å². The third-order valence-corrected chi connectivity index (χ3v) is 4.10. The first-order valence-electron chi connectivity index (χ1n) is 6.70. The Morgan fingerprint density at radius 2 is 1.95 bits per heavy atom. The second-order valence-electron chi connectivity index (χ2n) is 5.08. The quantitative estimate of drug-likeness (QED) is 0.868. The van der Waals surface area contributed by atoms with Gasteiger partial charge >= 0.3 is 0 Å². The zero-order chi connectivity index (χ0) is 14.7. The van der Waals surface area contributed by atoms with Gasteiger partial charge in [0.1, 0.15) is 5.82 Å². The summed E-state index contributed by atoms with van der Waals surface area (Å²) < 4.78 is 13.5.